The molecule has 0 heterocycles. The minimum Gasteiger partial charge on any atom is -0.459 e. The zero-order valence-corrected chi connectivity index (χ0v) is 9.44. The van der Waals surface area contributed by atoms with Crippen molar-refractivity contribution in [2.45, 2.75) is 31.6 Å². The number of rotatable bonds is 6. The molecule has 0 saturated heterocycles. The number of halogens is 6. The van der Waals surface area contributed by atoms with Crippen LogP contribution in [-0.4, -0.2) is 37.5 Å². The second-order valence-electron chi connectivity index (χ2n) is 3.33. The minimum atomic E-state index is -5.07. The molecule has 0 radical (unpaired) electrons. The van der Waals surface area contributed by atoms with Crippen LogP contribution in [0.5, 0.6) is 0 Å². The topological polar surface area (TPSA) is 52.6 Å². The molecule has 10 heteroatoms. The molecule has 0 saturated carbocycles. The lowest BCUT2D eigenvalue weighted by Gasteiger charge is -2.08. The Labute approximate surface area is 103 Å². The van der Waals surface area contributed by atoms with Gasteiger partial charge in [-0.15, -0.1) is 0 Å². The van der Waals surface area contributed by atoms with Gasteiger partial charge >= 0.3 is 24.3 Å². The molecule has 0 fully saturated rings. The van der Waals surface area contributed by atoms with Crippen LogP contribution in [0.1, 0.15) is 19.3 Å². The molecule has 0 amide bonds. The second kappa shape index (κ2) is 7.19. The zero-order valence-electron chi connectivity index (χ0n) is 9.44. The first-order valence-electron chi connectivity index (χ1n) is 5.03. The molecule has 0 aliphatic heterocycles. The first-order chi connectivity index (χ1) is 8.55. The number of esters is 2. The zero-order chi connectivity index (χ0) is 15.1. The normalized spacial score (nSPS) is 12.1. The van der Waals surface area contributed by atoms with Crippen molar-refractivity contribution in [1.82, 2.24) is 0 Å². The van der Waals surface area contributed by atoms with Crippen LogP contribution in [0.4, 0.5) is 26.3 Å². The summed E-state index contributed by atoms with van der Waals surface area (Å²) >= 11 is 0. The minimum absolute atomic E-state index is 0.0192. The Balaban J connectivity index is 3.53. The summed E-state index contributed by atoms with van der Waals surface area (Å²) in [5, 5.41) is 0. The van der Waals surface area contributed by atoms with Gasteiger partial charge in [-0.3, -0.25) is 0 Å². The number of unbranched alkanes of at least 4 members (excludes halogenated alkanes) is 2. The summed E-state index contributed by atoms with van der Waals surface area (Å²) in [6.07, 6.45) is -9.95. The molecule has 0 aliphatic rings. The smallest absolute Gasteiger partial charge is 0.459 e. The summed E-state index contributed by atoms with van der Waals surface area (Å²) in [5.41, 5.74) is 0. The molecule has 19 heavy (non-hydrogen) atoms. The fourth-order valence-corrected chi connectivity index (χ4v) is 0.874. The highest BCUT2D eigenvalue weighted by Gasteiger charge is 2.41. The SMILES string of the molecule is O=C(OCCCCCOC(=O)C(F)(F)F)C(F)(F)F. The van der Waals surface area contributed by atoms with Gasteiger partial charge < -0.3 is 9.47 Å². The first-order valence-corrected chi connectivity index (χ1v) is 5.03. The van der Waals surface area contributed by atoms with E-state index < -0.39 is 37.5 Å². The Kier molecular flexibility index (Phi) is 6.63. The number of carbonyl (C=O) groups excluding carboxylic acids is 2. The highest BCUT2D eigenvalue weighted by molar-refractivity contribution is 5.75. The maximum absolute atomic E-state index is 11.6. The van der Waals surface area contributed by atoms with Crippen molar-refractivity contribution in [2.75, 3.05) is 13.2 Å². The van der Waals surface area contributed by atoms with Crippen molar-refractivity contribution in [3.63, 3.8) is 0 Å². The molecule has 0 spiro atoms. The van der Waals surface area contributed by atoms with Crippen LogP contribution in [0.2, 0.25) is 0 Å². The van der Waals surface area contributed by atoms with Crippen LogP contribution in [-0.2, 0) is 19.1 Å². The number of alkyl halides is 6. The standard InChI is InChI=1S/C9H10F6O4/c10-8(11,12)6(16)18-4-2-1-3-5-19-7(17)9(13,14)15/h1-5H2. The summed E-state index contributed by atoms with van der Waals surface area (Å²) in [6.45, 7) is -1.02. The Bertz CT molecular complexity index is 279. The Morgan fingerprint density at radius 1 is 0.684 bits per heavy atom. The Hall–Kier alpha value is -1.48. The van der Waals surface area contributed by atoms with E-state index in [1.165, 1.54) is 0 Å². The van der Waals surface area contributed by atoms with E-state index >= 15 is 0 Å². The number of carbonyl (C=O) groups is 2. The van der Waals surface area contributed by atoms with Gasteiger partial charge in [-0.1, -0.05) is 0 Å². The van der Waals surface area contributed by atoms with Gasteiger partial charge in [-0.05, 0) is 19.3 Å². The van der Waals surface area contributed by atoms with Gasteiger partial charge in [0.25, 0.3) is 0 Å². The van der Waals surface area contributed by atoms with Crippen LogP contribution < -0.4 is 0 Å². The fourth-order valence-electron chi connectivity index (χ4n) is 0.874. The van der Waals surface area contributed by atoms with Crippen molar-refractivity contribution < 1.29 is 45.4 Å². The third kappa shape index (κ3) is 8.27. The molecule has 0 N–H and O–H groups in total. The highest BCUT2D eigenvalue weighted by Crippen LogP contribution is 2.17. The third-order valence-corrected chi connectivity index (χ3v) is 1.72. The lowest BCUT2D eigenvalue weighted by atomic mass is 10.2. The van der Waals surface area contributed by atoms with Crippen LogP contribution in [0.15, 0.2) is 0 Å². The quantitative estimate of drug-likeness (QED) is 0.429. The molecule has 0 aliphatic carbocycles. The molecular formula is C9H10F6O4. The van der Waals surface area contributed by atoms with Gasteiger partial charge in [0.15, 0.2) is 0 Å². The van der Waals surface area contributed by atoms with Gasteiger partial charge in [0, 0.05) is 0 Å². The van der Waals surface area contributed by atoms with Gasteiger partial charge in [-0.25, -0.2) is 9.59 Å². The maximum Gasteiger partial charge on any atom is 0.490 e. The fraction of sp³-hybridized carbons (Fsp3) is 0.778. The molecule has 0 rings (SSSR count). The second-order valence-corrected chi connectivity index (χ2v) is 3.33. The predicted molar refractivity (Wildman–Crippen MR) is 47.9 cm³/mol. The van der Waals surface area contributed by atoms with Crippen molar-refractivity contribution >= 4 is 11.9 Å². The summed E-state index contributed by atoms with van der Waals surface area (Å²) in [6, 6.07) is 0. The van der Waals surface area contributed by atoms with E-state index in [0.717, 1.165) is 0 Å². The van der Waals surface area contributed by atoms with Crippen LogP contribution in [0.25, 0.3) is 0 Å². The predicted octanol–water partition coefficient (Wildman–Crippen LogP) is 2.37. The van der Waals surface area contributed by atoms with Gasteiger partial charge in [-0.2, -0.15) is 26.3 Å². The average molecular weight is 296 g/mol. The van der Waals surface area contributed by atoms with E-state index in [1.54, 1.807) is 0 Å². The lowest BCUT2D eigenvalue weighted by Crippen LogP contribution is -2.26. The van der Waals surface area contributed by atoms with Crippen LogP contribution in [0.3, 0.4) is 0 Å². The summed E-state index contributed by atoms with van der Waals surface area (Å²) in [4.78, 5) is 20.4. The van der Waals surface area contributed by atoms with E-state index in [-0.39, 0.29) is 19.3 Å². The van der Waals surface area contributed by atoms with Crippen LogP contribution >= 0.6 is 0 Å². The first kappa shape index (κ1) is 17.5. The summed E-state index contributed by atoms with van der Waals surface area (Å²) < 4.78 is 77.5. The molecule has 0 unspecified atom stereocenters. The van der Waals surface area contributed by atoms with Gasteiger partial charge in [0.1, 0.15) is 0 Å². The summed E-state index contributed by atoms with van der Waals surface area (Å²) in [5.74, 6) is -4.65. The number of hydrogen-bond donors (Lipinski definition) is 0. The van der Waals surface area contributed by atoms with E-state index in [2.05, 4.69) is 9.47 Å². The van der Waals surface area contributed by atoms with E-state index in [4.69, 9.17) is 0 Å². The molecule has 0 atom stereocenters. The number of ether oxygens (including phenoxy) is 2. The summed E-state index contributed by atoms with van der Waals surface area (Å²) in [7, 11) is 0. The van der Waals surface area contributed by atoms with Gasteiger partial charge in [0.05, 0.1) is 13.2 Å². The monoisotopic (exact) mass is 296 g/mol. The molecule has 0 aromatic carbocycles. The Morgan fingerprint density at radius 2 is 1.00 bits per heavy atom. The van der Waals surface area contributed by atoms with Crippen molar-refractivity contribution in [1.29, 1.82) is 0 Å². The van der Waals surface area contributed by atoms with E-state index in [1.807, 2.05) is 0 Å². The molecule has 0 aromatic rings. The molecule has 0 aromatic heterocycles. The van der Waals surface area contributed by atoms with Gasteiger partial charge in [0.2, 0.25) is 0 Å². The Morgan fingerprint density at radius 3 is 1.26 bits per heavy atom. The molecule has 0 bridgehead atoms. The van der Waals surface area contributed by atoms with Crippen molar-refractivity contribution in [2.24, 2.45) is 0 Å². The third-order valence-electron chi connectivity index (χ3n) is 1.72. The van der Waals surface area contributed by atoms with Crippen molar-refractivity contribution in [3.05, 3.63) is 0 Å². The molecule has 4 nitrogen and oxygen atoms in total. The van der Waals surface area contributed by atoms with E-state index in [0.29, 0.717) is 0 Å². The van der Waals surface area contributed by atoms with Crippen LogP contribution in [0, 0.1) is 0 Å². The largest absolute Gasteiger partial charge is 0.490 e. The molecular weight excluding hydrogens is 286 g/mol. The average Bonchev–Trinajstić information content (AvgIpc) is 2.24. The van der Waals surface area contributed by atoms with Crippen molar-refractivity contribution in [3.8, 4) is 0 Å². The maximum atomic E-state index is 11.6. The number of hydrogen-bond acceptors (Lipinski definition) is 4. The lowest BCUT2D eigenvalue weighted by molar-refractivity contribution is -0.200. The van der Waals surface area contributed by atoms with E-state index in [9.17, 15) is 35.9 Å². The molecule has 112 valence electrons. The highest BCUT2D eigenvalue weighted by atomic mass is 19.4.